The van der Waals surface area contributed by atoms with Gasteiger partial charge in [-0.3, -0.25) is 4.79 Å². The van der Waals surface area contributed by atoms with Crippen molar-refractivity contribution in [1.82, 2.24) is 19.9 Å². The Kier molecular flexibility index (Phi) is 5.37. The van der Waals surface area contributed by atoms with Crippen LogP contribution in [0.25, 0.3) is 5.69 Å². The summed E-state index contributed by atoms with van der Waals surface area (Å²) in [6, 6.07) is 13.5. The highest BCUT2D eigenvalue weighted by Gasteiger charge is 2.15. The third-order valence-electron chi connectivity index (χ3n) is 5.00. The number of rotatable bonds is 5. The molecule has 0 bridgehead atoms. The Morgan fingerprint density at radius 1 is 1.04 bits per heavy atom. The van der Waals surface area contributed by atoms with Crippen LogP contribution in [0.1, 0.15) is 41.0 Å². The van der Waals surface area contributed by atoms with Crippen molar-refractivity contribution >= 4 is 11.9 Å². The van der Waals surface area contributed by atoms with Crippen molar-refractivity contribution in [2.75, 3.05) is 18.0 Å². The Morgan fingerprint density at radius 2 is 1.75 bits per heavy atom. The summed E-state index contributed by atoms with van der Waals surface area (Å²) in [6.07, 6.45) is 7.60. The molecule has 1 N–H and O–H groups in total. The number of aryl methyl sites for hydroxylation is 1. The van der Waals surface area contributed by atoms with Crippen molar-refractivity contribution in [3.05, 3.63) is 71.8 Å². The van der Waals surface area contributed by atoms with Crippen LogP contribution in [0, 0.1) is 6.92 Å². The van der Waals surface area contributed by atoms with Gasteiger partial charge in [-0.05, 0) is 68.7 Å². The van der Waals surface area contributed by atoms with Crippen molar-refractivity contribution in [3.8, 4) is 5.69 Å². The zero-order valence-corrected chi connectivity index (χ0v) is 16.1. The van der Waals surface area contributed by atoms with Crippen molar-refractivity contribution in [2.45, 2.75) is 32.7 Å². The van der Waals surface area contributed by atoms with E-state index in [0.29, 0.717) is 12.1 Å². The Bertz CT molecular complexity index is 928. The van der Waals surface area contributed by atoms with Crippen molar-refractivity contribution in [1.29, 1.82) is 0 Å². The monoisotopic (exact) mass is 375 g/mol. The van der Waals surface area contributed by atoms with Crippen LogP contribution in [0.3, 0.4) is 0 Å². The average Bonchev–Trinajstić information content (AvgIpc) is 3.27. The van der Waals surface area contributed by atoms with Crippen molar-refractivity contribution in [3.63, 3.8) is 0 Å². The van der Waals surface area contributed by atoms with Crippen LogP contribution in [-0.2, 0) is 6.54 Å². The summed E-state index contributed by atoms with van der Waals surface area (Å²) in [7, 11) is 0. The number of aromatic nitrogens is 3. The maximum Gasteiger partial charge on any atom is 0.251 e. The Labute approximate surface area is 165 Å². The molecule has 1 fully saturated rings. The minimum Gasteiger partial charge on any atom is -0.346 e. The number of amides is 1. The second-order valence-electron chi connectivity index (χ2n) is 7.17. The number of piperidine rings is 1. The lowest BCUT2D eigenvalue weighted by Gasteiger charge is -2.27. The van der Waals surface area contributed by atoms with Gasteiger partial charge in [0.2, 0.25) is 5.95 Å². The van der Waals surface area contributed by atoms with E-state index in [-0.39, 0.29) is 5.91 Å². The number of nitrogens with one attached hydrogen (secondary N) is 1. The quantitative estimate of drug-likeness (QED) is 0.741. The number of hydrogen-bond acceptors (Lipinski definition) is 4. The predicted molar refractivity (Wildman–Crippen MR) is 110 cm³/mol. The molecule has 6 heteroatoms. The maximum absolute atomic E-state index is 12.5. The molecule has 1 aromatic carbocycles. The molecule has 0 radical (unpaired) electrons. The molecule has 3 aromatic rings. The second-order valence-corrected chi connectivity index (χ2v) is 7.17. The molecule has 0 atom stereocenters. The molecule has 28 heavy (non-hydrogen) atoms. The standard InChI is InChI=1S/C22H25N5O/c1-17-15-19(25-22(24-17)27-13-3-2-4-14-27)16-23-21(28)18-7-9-20(10-8-18)26-11-5-6-12-26/h5-12,15H,2-4,13-14,16H2,1H3,(H,23,28). The number of anilines is 1. The fourth-order valence-electron chi connectivity index (χ4n) is 3.51. The van der Waals surface area contributed by atoms with Gasteiger partial charge >= 0.3 is 0 Å². The molecule has 1 aliphatic heterocycles. The molecule has 0 unspecified atom stereocenters. The smallest absolute Gasteiger partial charge is 0.251 e. The molecule has 1 aliphatic rings. The van der Waals surface area contributed by atoms with E-state index in [4.69, 9.17) is 0 Å². The first kappa shape index (κ1) is 18.2. The second kappa shape index (κ2) is 8.25. The highest BCUT2D eigenvalue weighted by Crippen LogP contribution is 2.17. The predicted octanol–water partition coefficient (Wildman–Crippen LogP) is 3.50. The molecule has 3 heterocycles. The van der Waals surface area contributed by atoms with Crippen LogP contribution in [0.2, 0.25) is 0 Å². The molecule has 4 rings (SSSR count). The van der Waals surface area contributed by atoms with Crippen LogP contribution >= 0.6 is 0 Å². The van der Waals surface area contributed by atoms with E-state index in [1.807, 2.05) is 66.3 Å². The van der Waals surface area contributed by atoms with E-state index in [0.717, 1.165) is 36.1 Å². The summed E-state index contributed by atoms with van der Waals surface area (Å²) < 4.78 is 2.01. The van der Waals surface area contributed by atoms with Gasteiger partial charge < -0.3 is 14.8 Å². The molecule has 6 nitrogen and oxygen atoms in total. The summed E-state index contributed by atoms with van der Waals surface area (Å²) in [4.78, 5) is 24.0. The number of carbonyl (C=O) groups is 1. The van der Waals surface area contributed by atoms with Gasteiger partial charge in [0.15, 0.2) is 0 Å². The van der Waals surface area contributed by atoms with Gasteiger partial charge in [0.25, 0.3) is 5.91 Å². The molecule has 2 aromatic heterocycles. The van der Waals surface area contributed by atoms with E-state index >= 15 is 0 Å². The lowest BCUT2D eigenvalue weighted by Crippen LogP contribution is -2.32. The maximum atomic E-state index is 12.5. The first-order chi connectivity index (χ1) is 13.7. The van der Waals surface area contributed by atoms with Gasteiger partial charge in [0.1, 0.15) is 0 Å². The van der Waals surface area contributed by atoms with Gasteiger partial charge in [-0.1, -0.05) is 0 Å². The summed E-state index contributed by atoms with van der Waals surface area (Å²) in [5.74, 6) is 0.676. The zero-order chi connectivity index (χ0) is 19.3. The van der Waals surface area contributed by atoms with E-state index in [1.165, 1.54) is 19.3 Å². The Hall–Kier alpha value is -3.15. The number of nitrogens with zero attached hydrogens (tertiary/aromatic N) is 4. The van der Waals surface area contributed by atoms with Crippen LogP contribution in [0.4, 0.5) is 5.95 Å². The van der Waals surface area contributed by atoms with E-state index in [2.05, 4.69) is 20.2 Å². The number of hydrogen-bond donors (Lipinski definition) is 1. The minimum atomic E-state index is -0.102. The van der Waals surface area contributed by atoms with Crippen molar-refractivity contribution < 1.29 is 4.79 Å². The van der Waals surface area contributed by atoms with E-state index in [9.17, 15) is 4.79 Å². The van der Waals surface area contributed by atoms with Crippen LogP contribution in [-0.4, -0.2) is 33.5 Å². The third kappa shape index (κ3) is 4.22. The first-order valence-electron chi connectivity index (χ1n) is 9.80. The minimum absolute atomic E-state index is 0.102. The Balaban J connectivity index is 1.41. The van der Waals surface area contributed by atoms with Gasteiger partial charge in [0, 0.05) is 42.4 Å². The number of carbonyl (C=O) groups excluding carboxylic acids is 1. The summed E-state index contributed by atoms with van der Waals surface area (Å²) in [5, 5.41) is 2.97. The van der Waals surface area contributed by atoms with Gasteiger partial charge in [0.05, 0.1) is 12.2 Å². The lowest BCUT2D eigenvalue weighted by atomic mass is 10.1. The molecule has 1 saturated heterocycles. The van der Waals surface area contributed by atoms with E-state index in [1.54, 1.807) is 0 Å². The third-order valence-corrected chi connectivity index (χ3v) is 5.00. The van der Waals surface area contributed by atoms with Crippen LogP contribution in [0.15, 0.2) is 54.9 Å². The van der Waals surface area contributed by atoms with Crippen molar-refractivity contribution in [2.24, 2.45) is 0 Å². The molecular weight excluding hydrogens is 350 g/mol. The summed E-state index contributed by atoms with van der Waals surface area (Å²) in [6.45, 7) is 4.37. The summed E-state index contributed by atoms with van der Waals surface area (Å²) >= 11 is 0. The largest absolute Gasteiger partial charge is 0.346 e. The topological polar surface area (TPSA) is 63.1 Å². The first-order valence-corrected chi connectivity index (χ1v) is 9.80. The molecular formula is C22H25N5O. The molecule has 0 saturated carbocycles. The normalized spacial score (nSPS) is 14.1. The highest BCUT2D eigenvalue weighted by atomic mass is 16.1. The zero-order valence-electron chi connectivity index (χ0n) is 16.1. The average molecular weight is 375 g/mol. The molecule has 0 spiro atoms. The van der Waals surface area contributed by atoms with Gasteiger partial charge in [-0.15, -0.1) is 0 Å². The molecule has 144 valence electrons. The van der Waals surface area contributed by atoms with Gasteiger partial charge in [-0.2, -0.15) is 0 Å². The molecule has 0 aliphatic carbocycles. The lowest BCUT2D eigenvalue weighted by molar-refractivity contribution is 0.0950. The summed E-state index contributed by atoms with van der Waals surface area (Å²) in [5.41, 5.74) is 3.43. The fraction of sp³-hybridized carbons (Fsp3) is 0.318. The molecule has 1 amide bonds. The van der Waals surface area contributed by atoms with Crippen LogP contribution < -0.4 is 10.2 Å². The SMILES string of the molecule is Cc1cc(CNC(=O)c2ccc(-n3cccc3)cc2)nc(N2CCCCC2)n1. The van der Waals surface area contributed by atoms with E-state index < -0.39 is 0 Å². The number of benzene rings is 1. The Morgan fingerprint density at radius 3 is 2.46 bits per heavy atom. The van der Waals surface area contributed by atoms with Crippen LogP contribution in [0.5, 0.6) is 0 Å². The fourth-order valence-corrected chi connectivity index (χ4v) is 3.51. The highest BCUT2D eigenvalue weighted by molar-refractivity contribution is 5.94. The van der Waals surface area contributed by atoms with Gasteiger partial charge in [-0.25, -0.2) is 9.97 Å².